The molecule has 5 heteroatoms. The number of rotatable bonds is 7. The fourth-order valence-electron chi connectivity index (χ4n) is 1.51. The summed E-state index contributed by atoms with van der Waals surface area (Å²) in [5, 5.41) is 5.29. The lowest BCUT2D eigenvalue weighted by molar-refractivity contribution is 0.307. The van der Waals surface area contributed by atoms with Crippen molar-refractivity contribution >= 4 is 11.3 Å². The number of aromatic nitrogens is 2. The van der Waals surface area contributed by atoms with E-state index in [1.807, 2.05) is 0 Å². The summed E-state index contributed by atoms with van der Waals surface area (Å²) in [6, 6.07) is 4.16. The van der Waals surface area contributed by atoms with Gasteiger partial charge in [-0.2, -0.15) is 0 Å². The van der Waals surface area contributed by atoms with Crippen molar-refractivity contribution in [2.45, 2.75) is 19.9 Å². The van der Waals surface area contributed by atoms with Gasteiger partial charge in [0.05, 0.1) is 18.5 Å². The van der Waals surface area contributed by atoms with Crippen LogP contribution in [0.2, 0.25) is 0 Å². The van der Waals surface area contributed by atoms with Gasteiger partial charge in [-0.25, -0.2) is 4.98 Å². The minimum Gasteiger partial charge on any atom is -0.476 e. The fraction of sp³-hybridized carbons (Fsp3) is 0.385. The van der Waals surface area contributed by atoms with Crippen molar-refractivity contribution in [1.82, 2.24) is 15.3 Å². The summed E-state index contributed by atoms with van der Waals surface area (Å²) in [6.45, 7) is 4.35. The largest absolute Gasteiger partial charge is 0.476 e. The van der Waals surface area contributed by atoms with Gasteiger partial charge in [0.25, 0.3) is 0 Å². The highest BCUT2D eigenvalue weighted by molar-refractivity contribution is 7.09. The first kappa shape index (κ1) is 13.0. The van der Waals surface area contributed by atoms with Crippen molar-refractivity contribution < 1.29 is 4.74 Å². The van der Waals surface area contributed by atoms with Gasteiger partial charge in [-0.1, -0.05) is 13.0 Å². The molecule has 0 bridgehead atoms. The lowest BCUT2D eigenvalue weighted by Gasteiger charge is -2.06. The lowest BCUT2D eigenvalue weighted by atomic mass is 10.4. The third-order valence-corrected chi connectivity index (χ3v) is 3.33. The molecular weight excluding hydrogens is 246 g/mol. The molecule has 0 aliphatic heterocycles. The number of nitrogens with one attached hydrogen (secondary N) is 1. The third kappa shape index (κ3) is 4.09. The first-order valence-electron chi connectivity index (χ1n) is 6.05. The molecule has 0 aliphatic rings. The van der Waals surface area contributed by atoms with E-state index in [2.05, 4.69) is 39.7 Å². The zero-order valence-corrected chi connectivity index (χ0v) is 11.2. The molecule has 18 heavy (non-hydrogen) atoms. The molecule has 0 fully saturated rings. The van der Waals surface area contributed by atoms with Crippen LogP contribution in [0.4, 0.5) is 0 Å². The zero-order chi connectivity index (χ0) is 12.6. The minimum absolute atomic E-state index is 0.599. The van der Waals surface area contributed by atoms with Crippen LogP contribution in [0.1, 0.15) is 17.5 Å². The average molecular weight is 263 g/mol. The molecule has 4 nitrogen and oxygen atoms in total. The molecule has 2 aromatic heterocycles. The van der Waals surface area contributed by atoms with Crippen molar-refractivity contribution in [2.75, 3.05) is 13.2 Å². The van der Waals surface area contributed by atoms with Crippen LogP contribution in [-0.2, 0) is 13.0 Å². The molecule has 0 aromatic carbocycles. The molecule has 0 amide bonds. The molecule has 1 N–H and O–H groups in total. The van der Waals surface area contributed by atoms with Crippen molar-refractivity contribution in [3.8, 4) is 5.88 Å². The second-order valence-electron chi connectivity index (χ2n) is 3.81. The van der Waals surface area contributed by atoms with Crippen LogP contribution in [-0.4, -0.2) is 23.1 Å². The Morgan fingerprint density at radius 2 is 2.33 bits per heavy atom. The van der Waals surface area contributed by atoms with E-state index in [4.69, 9.17) is 4.74 Å². The summed E-state index contributed by atoms with van der Waals surface area (Å²) in [5.41, 5.74) is 0.908. The molecule has 0 saturated heterocycles. The summed E-state index contributed by atoms with van der Waals surface area (Å²) in [5.74, 6) is 0.599. The topological polar surface area (TPSA) is 47.0 Å². The van der Waals surface area contributed by atoms with Crippen molar-refractivity contribution in [3.63, 3.8) is 0 Å². The van der Waals surface area contributed by atoms with Crippen LogP contribution in [0.3, 0.4) is 0 Å². The van der Waals surface area contributed by atoms with Gasteiger partial charge < -0.3 is 10.1 Å². The molecular formula is C13H17N3OS. The Labute approximate surface area is 111 Å². The van der Waals surface area contributed by atoms with Gasteiger partial charge in [-0.15, -0.1) is 11.3 Å². The Hall–Kier alpha value is -1.46. The number of hydrogen-bond acceptors (Lipinski definition) is 5. The molecule has 0 spiro atoms. The number of ether oxygens (including phenoxy) is 1. The molecule has 96 valence electrons. The Balaban J connectivity index is 1.81. The molecule has 2 heterocycles. The van der Waals surface area contributed by atoms with E-state index in [-0.39, 0.29) is 0 Å². The monoisotopic (exact) mass is 263 g/mol. The van der Waals surface area contributed by atoms with Gasteiger partial charge in [0, 0.05) is 24.0 Å². The molecule has 0 atom stereocenters. The number of nitrogens with zero attached hydrogens (tertiary/aromatic N) is 2. The number of hydrogen-bond donors (Lipinski definition) is 1. The van der Waals surface area contributed by atoms with E-state index >= 15 is 0 Å². The highest BCUT2D eigenvalue weighted by Crippen LogP contribution is 2.10. The maximum atomic E-state index is 5.61. The summed E-state index contributed by atoms with van der Waals surface area (Å²) in [4.78, 5) is 9.84. The van der Waals surface area contributed by atoms with E-state index in [0.717, 1.165) is 25.2 Å². The standard InChI is InChI=1S/C13H17N3OS/c1-2-14-8-11-9-15-10-13(16-11)17-6-5-12-4-3-7-18-12/h3-4,7,9-10,14H,2,5-6,8H2,1H3. The lowest BCUT2D eigenvalue weighted by Crippen LogP contribution is -2.13. The van der Waals surface area contributed by atoms with E-state index in [1.54, 1.807) is 23.7 Å². The second kappa shape index (κ2) is 7.08. The first-order valence-corrected chi connectivity index (χ1v) is 6.93. The molecule has 2 aromatic rings. The van der Waals surface area contributed by atoms with Gasteiger partial charge in [-0.3, -0.25) is 4.98 Å². The summed E-state index contributed by atoms with van der Waals surface area (Å²) >= 11 is 1.75. The van der Waals surface area contributed by atoms with Gasteiger partial charge in [0.15, 0.2) is 0 Å². The molecule has 0 unspecified atom stereocenters. The molecule has 0 saturated carbocycles. The normalized spacial score (nSPS) is 10.5. The van der Waals surface area contributed by atoms with Crippen LogP contribution in [0.15, 0.2) is 29.9 Å². The highest BCUT2D eigenvalue weighted by Gasteiger charge is 2.00. The Morgan fingerprint density at radius 3 is 3.11 bits per heavy atom. The molecule has 0 aliphatic carbocycles. The van der Waals surface area contributed by atoms with Crippen molar-refractivity contribution in [3.05, 3.63) is 40.5 Å². The minimum atomic E-state index is 0.599. The summed E-state index contributed by atoms with van der Waals surface area (Å²) in [7, 11) is 0. The Bertz CT molecular complexity index is 459. The highest BCUT2D eigenvalue weighted by atomic mass is 32.1. The summed E-state index contributed by atoms with van der Waals surface area (Å²) in [6.07, 6.45) is 4.33. The van der Waals surface area contributed by atoms with Gasteiger partial charge in [-0.05, 0) is 18.0 Å². The maximum absolute atomic E-state index is 5.61. The number of thiophene rings is 1. The van der Waals surface area contributed by atoms with E-state index in [0.29, 0.717) is 12.5 Å². The summed E-state index contributed by atoms with van der Waals surface area (Å²) < 4.78 is 5.61. The first-order chi connectivity index (χ1) is 8.88. The van der Waals surface area contributed by atoms with Crippen molar-refractivity contribution in [1.29, 1.82) is 0 Å². The smallest absolute Gasteiger partial charge is 0.232 e. The van der Waals surface area contributed by atoms with E-state index in [1.165, 1.54) is 4.88 Å². The fourth-order valence-corrected chi connectivity index (χ4v) is 2.20. The maximum Gasteiger partial charge on any atom is 0.232 e. The van der Waals surface area contributed by atoms with Crippen LogP contribution in [0, 0.1) is 0 Å². The average Bonchev–Trinajstić information content (AvgIpc) is 2.90. The van der Waals surface area contributed by atoms with Crippen molar-refractivity contribution in [2.24, 2.45) is 0 Å². The SMILES string of the molecule is CCNCc1cncc(OCCc2cccs2)n1. The molecule has 0 radical (unpaired) electrons. The Kier molecular flexibility index (Phi) is 5.11. The van der Waals surface area contributed by atoms with Gasteiger partial charge >= 0.3 is 0 Å². The Morgan fingerprint density at radius 1 is 1.39 bits per heavy atom. The van der Waals surface area contributed by atoms with Crippen LogP contribution >= 0.6 is 11.3 Å². The van der Waals surface area contributed by atoms with Gasteiger partial charge in [0.2, 0.25) is 5.88 Å². The third-order valence-electron chi connectivity index (χ3n) is 2.40. The van der Waals surface area contributed by atoms with Crippen LogP contribution < -0.4 is 10.1 Å². The predicted molar refractivity (Wildman–Crippen MR) is 72.9 cm³/mol. The molecule has 2 rings (SSSR count). The van der Waals surface area contributed by atoms with E-state index in [9.17, 15) is 0 Å². The van der Waals surface area contributed by atoms with Crippen LogP contribution in [0.5, 0.6) is 5.88 Å². The predicted octanol–water partition coefficient (Wildman–Crippen LogP) is 2.27. The van der Waals surface area contributed by atoms with Crippen LogP contribution in [0.25, 0.3) is 0 Å². The van der Waals surface area contributed by atoms with Gasteiger partial charge in [0.1, 0.15) is 0 Å². The quantitative estimate of drug-likeness (QED) is 0.832. The zero-order valence-electron chi connectivity index (χ0n) is 10.4. The van der Waals surface area contributed by atoms with E-state index < -0.39 is 0 Å². The second-order valence-corrected chi connectivity index (χ2v) is 4.84.